The van der Waals surface area contributed by atoms with Crippen LogP contribution in [0.5, 0.6) is 0 Å². The first-order valence-electron chi connectivity index (χ1n) is 8.96. The predicted octanol–water partition coefficient (Wildman–Crippen LogP) is 2.39. The van der Waals surface area contributed by atoms with Crippen LogP contribution < -0.4 is 0 Å². The van der Waals surface area contributed by atoms with Crippen molar-refractivity contribution >= 4 is 17.5 Å². The lowest BCUT2D eigenvalue weighted by Gasteiger charge is -2.43. The van der Waals surface area contributed by atoms with Crippen molar-refractivity contribution in [3.8, 4) is 0 Å². The van der Waals surface area contributed by atoms with Gasteiger partial charge in [0.1, 0.15) is 0 Å². The van der Waals surface area contributed by atoms with E-state index in [-0.39, 0.29) is 17.9 Å². The summed E-state index contributed by atoms with van der Waals surface area (Å²) in [6.45, 7) is 4.44. The summed E-state index contributed by atoms with van der Waals surface area (Å²) in [5, 5.41) is 10.9. The van der Waals surface area contributed by atoms with E-state index in [1.54, 1.807) is 0 Å². The van der Waals surface area contributed by atoms with Crippen molar-refractivity contribution < 1.29 is 9.90 Å². The monoisotopic (exact) mass is 348 g/mol. The highest BCUT2D eigenvalue weighted by molar-refractivity contribution is 6.30. The second kappa shape index (κ2) is 6.32. The Morgan fingerprint density at radius 2 is 2.12 bits per heavy atom. The number of halogens is 1. The zero-order valence-electron chi connectivity index (χ0n) is 14.0. The molecule has 0 radical (unpaired) electrons. The van der Waals surface area contributed by atoms with Gasteiger partial charge in [-0.05, 0) is 49.4 Å². The van der Waals surface area contributed by atoms with E-state index in [2.05, 4.69) is 11.0 Å². The summed E-state index contributed by atoms with van der Waals surface area (Å²) in [5.41, 5.74) is 1.06. The minimum Gasteiger partial charge on any atom is -0.396 e. The van der Waals surface area contributed by atoms with Crippen molar-refractivity contribution in [2.24, 2.45) is 17.3 Å². The Morgan fingerprint density at radius 1 is 1.29 bits per heavy atom. The number of amides is 1. The van der Waals surface area contributed by atoms with Crippen LogP contribution in [-0.2, 0) is 11.3 Å². The van der Waals surface area contributed by atoms with Crippen LogP contribution in [0.25, 0.3) is 0 Å². The maximum absolute atomic E-state index is 12.4. The van der Waals surface area contributed by atoms with E-state index in [0.29, 0.717) is 11.8 Å². The fourth-order valence-electron chi connectivity index (χ4n) is 4.49. The molecule has 0 aromatic heterocycles. The van der Waals surface area contributed by atoms with Crippen LogP contribution >= 0.6 is 11.6 Å². The first-order chi connectivity index (χ1) is 11.6. The van der Waals surface area contributed by atoms with E-state index < -0.39 is 0 Å². The normalized spacial score (nSPS) is 30.4. The lowest BCUT2D eigenvalue weighted by molar-refractivity contribution is -0.132. The maximum Gasteiger partial charge on any atom is 0.225 e. The van der Waals surface area contributed by atoms with E-state index in [4.69, 9.17) is 11.6 Å². The molecule has 1 aliphatic carbocycles. The van der Waals surface area contributed by atoms with Crippen molar-refractivity contribution in [1.29, 1.82) is 0 Å². The van der Waals surface area contributed by atoms with Crippen LogP contribution in [0, 0.1) is 17.3 Å². The quantitative estimate of drug-likeness (QED) is 0.908. The number of carbonyl (C=O) groups excluding carboxylic acids is 1. The van der Waals surface area contributed by atoms with Gasteiger partial charge in [0.2, 0.25) is 5.91 Å². The van der Waals surface area contributed by atoms with Crippen LogP contribution in [-0.4, -0.2) is 53.6 Å². The molecule has 1 N–H and O–H groups in total. The van der Waals surface area contributed by atoms with Crippen molar-refractivity contribution in [2.75, 3.05) is 32.8 Å². The van der Waals surface area contributed by atoms with Gasteiger partial charge in [-0.3, -0.25) is 9.69 Å². The first kappa shape index (κ1) is 16.4. The second-order valence-electron chi connectivity index (χ2n) is 7.84. The molecule has 1 saturated carbocycles. The van der Waals surface area contributed by atoms with Crippen LogP contribution in [0.4, 0.5) is 0 Å². The molecule has 2 atom stereocenters. The summed E-state index contributed by atoms with van der Waals surface area (Å²) >= 11 is 6.09. The molecule has 1 aromatic carbocycles. The molecular weight excluding hydrogens is 324 g/mol. The van der Waals surface area contributed by atoms with Crippen LogP contribution in [0.3, 0.4) is 0 Å². The Bertz CT molecular complexity index is 634. The second-order valence-corrected chi connectivity index (χ2v) is 8.28. The van der Waals surface area contributed by atoms with Gasteiger partial charge in [0.25, 0.3) is 0 Å². The van der Waals surface area contributed by atoms with Gasteiger partial charge in [-0.1, -0.05) is 23.7 Å². The van der Waals surface area contributed by atoms with Gasteiger partial charge in [-0.2, -0.15) is 0 Å². The predicted molar refractivity (Wildman–Crippen MR) is 93.7 cm³/mol. The number of nitrogens with zero attached hydrogens (tertiary/aromatic N) is 2. The maximum atomic E-state index is 12.4. The molecule has 4 rings (SSSR count). The number of aliphatic hydroxyl groups excluding tert-OH is 1. The smallest absolute Gasteiger partial charge is 0.225 e. The van der Waals surface area contributed by atoms with Crippen molar-refractivity contribution in [2.45, 2.75) is 25.8 Å². The molecule has 4 nitrogen and oxygen atoms in total. The minimum atomic E-state index is -0.151. The Hall–Kier alpha value is -1.10. The minimum absolute atomic E-state index is 0.151. The van der Waals surface area contributed by atoms with Gasteiger partial charge in [-0.15, -0.1) is 0 Å². The molecule has 3 fully saturated rings. The molecule has 0 spiro atoms. The molecule has 2 unspecified atom stereocenters. The summed E-state index contributed by atoms with van der Waals surface area (Å²) in [6.07, 6.45) is 3.15. The van der Waals surface area contributed by atoms with Gasteiger partial charge in [-0.25, -0.2) is 0 Å². The van der Waals surface area contributed by atoms with E-state index in [9.17, 15) is 9.90 Å². The summed E-state index contributed by atoms with van der Waals surface area (Å²) in [7, 11) is 0. The topological polar surface area (TPSA) is 43.8 Å². The summed E-state index contributed by atoms with van der Waals surface area (Å²) in [4.78, 5) is 16.9. The van der Waals surface area contributed by atoms with Gasteiger partial charge in [0.05, 0.1) is 6.61 Å². The van der Waals surface area contributed by atoms with Gasteiger partial charge in [0, 0.05) is 42.5 Å². The van der Waals surface area contributed by atoms with Crippen LogP contribution in [0.1, 0.15) is 24.8 Å². The molecule has 2 heterocycles. The zero-order valence-corrected chi connectivity index (χ0v) is 14.7. The number of hydrogen-bond donors (Lipinski definition) is 1. The number of fused-ring (bicyclic) bond motifs is 1. The van der Waals surface area contributed by atoms with E-state index in [1.807, 2.05) is 23.1 Å². The Labute approximate surface area is 148 Å². The molecule has 0 bridgehead atoms. The molecule has 130 valence electrons. The average molecular weight is 349 g/mol. The number of hydrogen-bond acceptors (Lipinski definition) is 3. The summed E-state index contributed by atoms with van der Waals surface area (Å²) in [6, 6.07) is 7.99. The van der Waals surface area contributed by atoms with Gasteiger partial charge >= 0.3 is 0 Å². The Balaban J connectivity index is 1.46. The molecule has 1 amide bonds. The first-order valence-corrected chi connectivity index (χ1v) is 9.34. The van der Waals surface area contributed by atoms with Crippen molar-refractivity contribution in [3.63, 3.8) is 0 Å². The third kappa shape index (κ3) is 3.07. The van der Waals surface area contributed by atoms with Crippen LogP contribution in [0.15, 0.2) is 24.3 Å². The number of piperidine rings is 1. The number of benzene rings is 1. The molecular formula is C19H25ClN2O2. The zero-order chi connectivity index (χ0) is 16.7. The van der Waals surface area contributed by atoms with Gasteiger partial charge < -0.3 is 10.0 Å². The number of carbonyl (C=O) groups is 1. The van der Waals surface area contributed by atoms with Gasteiger partial charge in [0.15, 0.2) is 0 Å². The third-order valence-electron chi connectivity index (χ3n) is 5.99. The van der Waals surface area contributed by atoms with Crippen molar-refractivity contribution in [3.05, 3.63) is 34.9 Å². The number of likely N-dealkylation sites (tertiary alicyclic amines) is 2. The van der Waals surface area contributed by atoms with Crippen molar-refractivity contribution in [1.82, 2.24) is 9.80 Å². The SMILES string of the molecule is O=C(C1CC1)N1CC2CCN(Cc3cccc(Cl)c3)CC2(CO)C1. The number of aliphatic hydroxyl groups is 1. The summed E-state index contributed by atoms with van der Waals surface area (Å²) < 4.78 is 0. The number of rotatable bonds is 4. The molecule has 2 saturated heterocycles. The molecule has 24 heavy (non-hydrogen) atoms. The van der Waals surface area contributed by atoms with Crippen LogP contribution in [0.2, 0.25) is 5.02 Å². The largest absolute Gasteiger partial charge is 0.396 e. The van der Waals surface area contributed by atoms with E-state index in [0.717, 1.165) is 57.0 Å². The fraction of sp³-hybridized carbons (Fsp3) is 0.632. The lowest BCUT2D eigenvalue weighted by Crippen LogP contribution is -2.50. The highest BCUT2D eigenvalue weighted by Gasteiger charge is 2.51. The van der Waals surface area contributed by atoms with E-state index >= 15 is 0 Å². The summed E-state index contributed by atoms with van der Waals surface area (Å²) in [5.74, 6) is 1.02. The highest BCUT2D eigenvalue weighted by Crippen LogP contribution is 2.44. The Kier molecular flexibility index (Phi) is 4.31. The molecule has 1 aromatic rings. The average Bonchev–Trinajstić information content (AvgIpc) is 3.34. The third-order valence-corrected chi connectivity index (χ3v) is 6.23. The fourth-order valence-corrected chi connectivity index (χ4v) is 4.70. The Morgan fingerprint density at radius 3 is 2.83 bits per heavy atom. The molecule has 3 aliphatic rings. The highest BCUT2D eigenvalue weighted by atomic mass is 35.5. The standard InChI is InChI=1S/C19H25ClN2O2/c20-17-3-1-2-14(8-17)9-21-7-6-16-10-22(18(24)15-4-5-15)12-19(16,11-21)13-23/h1-3,8,15-16,23H,4-7,9-13H2. The molecule has 5 heteroatoms. The molecule has 2 aliphatic heterocycles. The lowest BCUT2D eigenvalue weighted by atomic mass is 9.74. The van der Waals surface area contributed by atoms with E-state index in [1.165, 1.54) is 5.56 Å².